The minimum absolute atomic E-state index is 0.177. The summed E-state index contributed by atoms with van der Waals surface area (Å²) >= 11 is 2.25. The van der Waals surface area contributed by atoms with Gasteiger partial charge in [0.2, 0.25) is 0 Å². The molecule has 1 aliphatic rings. The van der Waals surface area contributed by atoms with E-state index in [1.54, 1.807) is 0 Å². The molecule has 3 nitrogen and oxygen atoms in total. The van der Waals surface area contributed by atoms with E-state index < -0.39 is 0 Å². The highest BCUT2D eigenvalue weighted by atomic mass is 127. The highest BCUT2D eigenvalue weighted by molar-refractivity contribution is 14.1. The summed E-state index contributed by atoms with van der Waals surface area (Å²) in [6.45, 7) is 2.95. The SMILES string of the molecule is Cc1cn(C2CCCCO2)nc1I. The van der Waals surface area contributed by atoms with Gasteiger partial charge in [-0.2, -0.15) is 5.10 Å². The van der Waals surface area contributed by atoms with Gasteiger partial charge in [-0.1, -0.05) is 0 Å². The molecule has 13 heavy (non-hydrogen) atoms. The van der Waals surface area contributed by atoms with Gasteiger partial charge in [0.1, 0.15) is 9.93 Å². The van der Waals surface area contributed by atoms with Crippen LogP contribution in [0.15, 0.2) is 6.20 Å². The summed E-state index contributed by atoms with van der Waals surface area (Å²) in [6, 6.07) is 0. The Morgan fingerprint density at radius 1 is 1.62 bits per heavy atom. The summed E-state index contributed by atoms with van der Waals surface area (Å²) < 4.78 is 8.66. The van der Waals surface area contributed by atoms with Crippen molar-refractivity contribution in [3.05, 3.63) is 15.5 Å². The van der Waals surface area contributed by atoms with E-state index in [1.165, 1.54) is 18.4 Å². The molecule has 1 aromatic heterocycles. The maximum atomic E-state index is 5.63. The minimum Gasteiger partial charge on any atom is -0.357 e. The lowest BCUT2D eigenvalue weighted by atomic mass is 10.2. The van der Waals surface area contributed by atoms with Gasteiger partial charge in [0.15, 0.2) is 0 Å². The van der Waals surface area contributed by atoms with E-state index in [0.717, 1.165) is 16.7 Å². The van der Waals surface area contributed by atoms with Gasteiger partial charge in [0.05, 0.1) is 0 Å². The summed E-state index contributed by atoms with van der Waals surface area (Å²) in [4.78, 5) is 0. The van der Waals surface area contributed by atoms with Crippen LogP contribution in [0, 0.1) is 10.6 Å². The maximum absolute atomic E-state index is 5.63. The van der Waals surface area contributed by atoms with Crippen LogP contribution in [0.4, 0.5) is 0 Å². The van der Waals surface area contributed by atoms with Crippen LogP contribution >= 0.6 is 22.6 Å². The van der Waals surface area contributed by atoms with Crippen molar-refractivity contribution in [3.63, 3.8) is 0 Å². The minimum atomic E-state index is 0.177. The lowest BCUT2D eigenvalue weighted by Crippen LogP contribution is -2.18. The molecule has 2 rings (SSSR count). The van der Waals surface area contributed by atoms with Crippen molar-refractivity contribution in [2.75, 3.05) is 6.61 Å². The predicted molar refractivity (Wildman–Crippen MR) is 58.5 cm³/mol. The fraction of sp³-hybridized carbons (Fsp3) is 0.667. The molecule has 0 bridgehead atoms. The molecule has 0 aromatic carbocycles. The fourth-order valence-corrected chi connectivity index (χ4v) is 1.93. The number of ether oxygens (including phenoxy) is 1. The zero-order valence-corrected chi connectivity index (χ0v) is 9.82. The molecule has 4 heteroatoms. The quantitative estimate of drug-likeness (QED) is 0.744. The lowest BCUT2D eigenvalue weighted by Gasteiger charge is -2.22. The molecule has 72 valence electrons. The first kappa shape index (κ1) is 9.45. The molecule has 0 radical (unpaired) electrons. The second-order valence-corrected chi connectivity index (χ2v) is 4.43. The van der Waals surface area contributed by atoms with Gasteiger partial charge in [0, 0.05) is 18.4 Å². The van der Waals surface area contributed by atoms with Gasteiger partial charge in [0.25, 0.3) is 0 Å². The van der Waals surface area contributed by atoms with Crippen molar-refractivity contribution >= 4 is 22.6 Å². The third-order valence-corrected chi connectivity index (χ3v) is 3.37. The van der Waals surface area contributed by atoms with Crippen molar-refractivity contribution in [2.45, 2.75) is 32.4 Å². The first-order valence-electron chi connectivity index (χ1n) is 4.60. The largest absolute Gasteiger partial charge is 0.357 e. The van der Waals surface area contributed by atoms with Crippen molar-refractivity contribution in [1.29, 1.82) is 0 Å². The Labute approximate surface area is 91.6 Å². The van der Waals surface area contributed by atoms with Crippen LogP contribution in [-0.4, -0.2) is 16.4 Å². The van der Waals surface area contributed by atoms with Gasteiger partial charge in [-0.3, -0.25) is 0 Å². The Hall–Kier alpha value is -0.100. The molecule has 1 atom stereocenters. The van der Waals surface area contributed by atoms with Gasteiger partial charge >= 0.3 is 0 Å². The van der Waals surface area contributed by atoms with Crippen LogP contribution in [0.3, 0.4) is 0 Å². The molecule has 2 heterocycles. The summed E-state index contributed by atoms with van der Waals surface area (Å²) in [5, 5.41) is 4.41. The highest BCUT2D eigenvalue weighted by Gasteiger charge is 2.16. The monoisotopic (exact) mass is 292 g/mol. The topological polar surface area (TPSA) is 27.1 Å². The van der Waals surface area contributed by atoms with Crippen LogP contribution < -0.4 is 0 Å². The molecular formula is C9H13IN2O. The average Bonchev–Trinajstić information content (AvgIpc) is 2.49. The number of rotatable bonds is 1. The molecule has 1 saturated heterocycles. The van der Waals surface area contributed by atoms with E-state index >= 15 is 0 Å². The van der Waals surface area contributed by atoms with Crippen LogP contribution in [0.2, 0.25) is 0 Å². The number of aromatic nitrogens is 2. The Morgan fingerprint density at radius 3 is 3.00 bits per heavy atom. The Morgan fingerprint density at radius 2 is 2.46 bits per heavy atom. The van der Waals surface area contributed by atoms with Crippen molar-refractivity contribution < 1.29 is 4.74 Å². The third kappa shape index (κ3) is 2.04. The van der Waals surface area contributed by atoms with Gasteiger partial charge in [-0.05, 0) is 48.8 Å². The number of halogens is 1. The summed E-state index contributed by atoms with van der Waals surface area (Å²) in [7, 11) is 0. The molecule has 0 amide bonds. The molecule has 1 aliphatic heterocycles. The van der Waals surface area contributed by atoms with Crippen molar-refractivity contribution in [3.8, 4) is 0 Å². The standard InChI is InChI=1S/C9H13IN2O/c1-7-6-12(11-9(7)10)8-4-2-3-5-13-8/h6,8H,2-5H2,1H3. The Kier molecular flexibility index (Phi) is 2.88. The zero-order chi connectivity index (χ0) is 9.26. The Bertz CT molecular complexity index is 272. The first-order valence-corrected chi connectivity index (χ1v) is 5.68. The van der Waals surface area contributed by atoms with Crippen LogP contribution in [-0.2, 0) is 4.74 Å². The van der Waals surface area contributed by atoms with Crippen molar-refractivity contribution in [2.24, 2.45) is 0 Å². The normalized spacial score (nSPS) is 23.4. The molecule has 1 fully saturated rings. The van der Waals surface area contributed by atoms with Gasteiger partial charge in [-0.25, -0.2) is 4.68 Å². The number of aryl methyl sites for hydroxylation is 1. The van der Waals surface area contributed by atoms with Gasteiger partial charge < -0.3 is 4.74 Å². The second-order valence-electron chi connectivity index (χ2n) is 3.40. The molecule has 1 aromatic rings. The van der Waals surface area contributed by atoms with Crippen LogP contribution in [0.25, 0.3) is 0 Å². The third-order valence-electron chi connectivity index (χ3n) is 2.31. The summed E-state index contributed by atoms with van der Waals surface area (Å²) in [6.07, 6.45) is 5.78. The van der Waals surface area contributed by atoms with E-state index in [2.05, 4.69) is 40.8 Å². The second kappa shape index (κ2) is 3.96. The van der Waals surface area contributed by atoms with Crippen molar-refractivity contribution in [1.82, 2.24) is 9.78 Å². The fourth-order valence-electron chi connectivity index (χ4n) is 1.54. The molecule has 0 N–H and O–H groups in total. The van der Waals surface area contributed by atoms with E-state index in [1.807, 2.05) is 4.68 Å². The number of nitrogens with zero attached hydrogens (tertiary/aromatic N) is 2. The number of hydrogen-bond acceptors (Lipinski definition) is 2. The summed E-state index contributed by atoms with van der Waals surface area (Å²) in [5.41, 5.74) is 1.23. The molecule has 0 aliphatic carbocycles. The Balaban J connectivity index is 2.14. The predicted octanol–water partition coefficient (Wildman–Crippen LogP) is 2.50. The lowest BCUT2D eigenvalue weighted by molar-refractivity contribution is -0.0397. The zero-order valence-electron chi connectivity index (χ0n) is 7.66. The smallest absolute Gasteiger partial charge is 0.150 e. The molecular weight excluding hydrogens is 279 g/mol. The summed E-state index contributed by atoms with van der Waals surface area (Å²) in [5.74, 6) is 0. The van der Waals surface area contributed by atoms with E-state index in [4.69, 9.17) is 4.74 Å². The average molecular weight is 292 g/mol. The van der Waals surface area contributed by atoms with Crippen LogP contribution in [0.1, 0.15) is 31.1 Å². The molecule has 1 unspecified atom stereocenters. The first-order chi connectivity index (χ1) is 6.27. The molecule has 0 saturated carbocycles. The van der Waals surface area contributed by atoms with Gasteiger partial charge in [-0.15, -0.1) is 0 Å². The van der Waals surface area contributed by atoms with E-state index in [9.17, 15) is 0 Å². The van der Waals surface area contributed by atoms with Crippen LogP contribution in [0.5, 0.6) is 0 Å². The van der Waals surface area contributed by atoms with E-state index in [-0.39, 0.29) is 6.23 Å². The number of hydrogen-bond donors (Lipinski definition) is 0. The maximum Gasteiger partial charge on any atom is 0.150 e. The van der Waals surface area contributed by atoms with E-state index in [0.29, 0.717) is 0 Å². The highest BCUT2D eigenvalue weighted by Crippen LogP contribution is 2.23. The molecule has 0 spiro atoms.